The summed E-state index contributed by atoms with van der Waals surface area (Å²) in [5, 5.41) is 17.5. The number of halogens is 1. The van der Waals surface area contributed by atoms with Crippen LogP contribution in [-0.2, 0) is 4.79 Å². The Morgan fingerprint density at radius 1 is 1.54 bits per heavy atom. The van der Waals surface area contributed by atoms with Crippen LogP contribution in [0.3, 0.4) is 0 Å². The van der Waals surface area contributed by atoms with Crippen LogP contribution in [-0.4, -0.2) is 16.2 Å². The molecule has 0 radical (unpaired) electrons. The number of rotatable bonds is 2. The number of carboxylic acid groups (broad SMARTS) is 1. The second kappa shape index (κ2) is 3.43. The molecule has 2 N–H and O–H groups in total. The van der Waals surface area contributed by atoms with Gasteiger partial charge in [-0.05, 0) is 24.6 Å². The summed E-state index contributed by atoms with van der Waals surface area (Å²) in [7, 11) is 0. The number of aromatic hydroxyl groups is 1. The molecular formula is C9H9FO3. The SMILES string of the molecule is CC(C(=O)O)c1ccc(O)c(F)c1. The lowest BCUT2D eigenvalue weighted by molar-refractivity contribution is -0.138. The first-order valence-electron chi connectivity index (χ1n) is 3.73. The Balaban J connectivity index is 3.03. The summed E-state index contributed by atoms with van der Waals surface area (Å²) < 4.78 is 12.8. The highest BCUT2D eigenvalue weighted by molar-refractivity contribution is 5.75. The van der Waals surface area contributed by atoms with Crippen molar-refractivity contribution in [3.63, 3.8) is 0 Å². The average Bonchev–Trinajstić information content (AvgIpc) is 2.08. The van der Waals surface area contributed by atoms with Gasteiger partial charge in [0.1, 0.15) is 0 Å². The largest absolute Gasteiger partial charge is 0.505 e. The summed E-state index contributed by atoms with van der Waals surface area (Å²) in [6, 6.07) is 3.55. The molecule has 4 heteroatoms. The Bertz CT molecular complexity index is 336. The van der Waals surface area contributed by atoms with Gasteiger partial charge >= 0.3 is 5.97 Å². The van der Waals surface area contributed by atoms with Crippen LogP contribution in [0.25, 0.3) is 0 Å². The first-order valence-corrected chi connectivity index (χ1v) is 3.73. The van der Waals surface area contributed by atoms with Crippen LogP contribution in [0.5, 0.6) is 5.75 Å². The number of carbonyl (C=O) groups is 1. The van der Waals surface area contributed by atoms with Crippen molar-refractivity contribution in [1.82, 2.24) is 0 Å². The smallest absolute Gasteiger partial charge is 0.310 e. The molecule has 1 aromatic rings. The molecule has 1 aromatic carbocycles. The molecule has 0 bridgehead atoms. The van der Waals surface area contributed by atoms with E-state index in [0.29, 0.717) is 5.56 Å². The van der Waals surface area contributed by atoms with E-state index >= 15 is 0 Å². The quantitative estimate of drug-likeness (QED) is 0.735. The Hall–Kier alpha value is -1.58. The fourth-order valence-electron chi connectivity index (χ4n) is 0.935. The minimum absolute atomic E-state index is 0.336. The predicted molar refractivity (Wildman–Crippen MR) is 44.1 cm³/mol. The number of hydrogen-bond donors (Lipinski definition) is 2. The van der Waals surface area contributed by atoms with Gasteiger partial charge in [-0.25, -0.2) is 4.39 Å². The second-order valence-electron chi connectivity index (χ2n) is 2.77. The Kier molecular flexibility index (Phi) is 2.51. The number of carboxylic acids is 1. The van der Waals surface area contributed by atoms with Crippen LogP contribution in [0.15, 0.2) is 18.2 Å². The lowest BCUT2D eigenvalue weighted by Crippen LogP contribution is -2.07. The zero-order valence-corrected chi connectivity index (χ0v) is 6.99. The molecule has 0 aliphatic rings. The molecule has 3 nitrogen and oxygen atoms in total. The van der Waals surface area contributed by atoms with Gasteiger partial charge < -0.3 is 10.2 Å². The van der Waals surface area contributed by atoms with E-state index in [1.807, 2.05) is 0 Å². The van der Waals surface area contributed by atoms with Gasteiger partial charge in [0, 0.05) is 0 Å². The fraction of sp³-hybridized carbons (Fsp3) is 0.222. The first-order chi connectivity index (χ1) is 6.02. The van der Waals surface area contributed by atoms with Crippen molar-refractivity contribution in [2.45, 2.75) is 12.8 Å². The van der Waals surface area contributed by atoms with Gasteiger partial charge in [0.2, 0.25) is 0 Å². The van der Waals surface area contributed by atoms with Gasteiger partial charge in [0.05, 0.1) is 5.92 Å². The molecule has 0 amide bonds. The van der Waals surface area contributed by atoms with Gasteiger partial charge in [-0.3, -0.25) is 4.79 Å². The monoisotopic (exact) mass is 184 g/mol. The topological polar surface area (TPSA) is 57.5 Å². The molecule has 0 spiro atoms. The predicted octanol–water partition coefficient (Wildman–Crippen LogP) is 1.72. The standard InChI is InChI=1S/C9H9FO3/c1-5(9(12)13)6-2-3-8(11)7(10)4-6/h2-5,11H,1H3,(H,12,13). The molecule has 1 rings (SSSR count). The minimum atomic E-state index is -1.02. The maximum absolute atomic E-state index is 12.8. The number of phenols is 1. The van der Waals surface area contributed by atoms with Gasteiger partial charge in [-0.15, -0.1) is 0 Å². The average molecular weight is 184 g/mol. The van der Waals surface area contributed by atoms with Gasteiger partial charge in [-0.1, -0.05) is 6.07 Å². The van der Waals surface area contributed by atoms with Crippen molar-refractivity contribution in [2.75, 3.05) is 0 Å². The zero-order chi connectivity index (χ0) is 10.0. The molecule has 13 heavy (non-hydrogen) atoms. The van der Waals surface area contributed by atoms with Crippen LogP contribution >= 0.6 is 0 Å². The van der Waals surface area contributed by atoms with Gasteiger partial charge in [0.25, 0.3) is 0 Å². The van der Waals surface area contributed by atoms with E-state index in [1.54, 1.807) is 0 Å². The molecule has 1 atom stereocenters. The Morgan fingerprint density at radius 3 is 2.62 bits per heavy atom. The maximum Gasteiger partial charge on any atom is 0.310 e. The van der Waals surface area contributed by atoms with E-state index < -0.39 is 23.5 Å². The summed E-state index contributed by atoms with van der Waals surface area (Å²) in [5.74, 6) is -3.06. The van der Waals surface area contributed by atoms with Crippen molar-refractivity contribution in [2.24, 2.45) is 0 Å². The van der Waals surface area contributed by atoms with E-state index in [9.17, 15) is 9.18 Å². The molecule has 0 saturated carbocycles. The van der Waals surface area contributed by atoms with Gasteiger partial charge in [-0.2, -0.15) is 0 Å². The van der Waals surface area contributed by atoms with Crippen molar-refractivity contribution in [3.8, 4) is 5.75 Å². The molecule has 0 fully saturated rings. The van der Waals surface area contributed by atoms with Crippen molar-refractivity contribution in [3.05, 3.63) is 29.6 Å². The molecule has 0 heterocycles. The van der Waals surface area contributed by atoms with E-state index in [1.165, 1.54) is 13.0 Å². The van der Waals surface area contributed by atoms with E-state index in [4.69, 9.17) is 10.2 Å². The summed E-state index contributed by atoms with van der Waals surface area (Å²) >= 11 is 0. The van der Waals surface area contributed by atoms with E-state index in [2.05, 4.69) is 0 Å². The molecule has 1 unspecified atom stereocenters. The Labute approximate surface area is 74.4 Å². The highest BCUT2D eigenvalue weighted by atomic mass is 19.1. The minimum Gasteiger partial charge on any atom is -0.505 e. The van der Waals surface area contributed by atoms with Crippen LogP contribution in [0.4, 0.5) is 4.39 Å². The second-order valence-corrected chi connectivity index (χ2v) is 2.77. The lowest BCUT2D eigenvalue weighted by atomic mass is 10.0. The lowest BCUT2D eigenvalue weighted by Gasteiger charge is -2.06. The zero-order valence-electron chi connectivity index (χ0n) is 6.99. The summed E-state index contributed by atoms with van der Waals surface area (Å²) in [6.07, 6.45) is 0. The number of hydrogen-bond acceptors (Lipinski definition) is 2. The third-order valence-corrected chi connectivity index (χ3v) is 1.84. The van der Waals surface area contributed by atoms with Crippen LogP contribution in [0, 0.1) is 5.82 Å². The third-order valence-electron chi connectivity index (χ3n) is 1.84. The maximum atomic E-state index is 12.8. The summed E-state index contributed by atoms with van der Waals surface area (Å²) in [6.45, 7) is 1.45. The van der Waals surface area contributed by atoms with E-state index in [0.717, 1.165) is 12.1 Å². The Morgan fingerprint density at radius 2 is 2.15 bits per heavy atom. The normalized spacial score (nSPS) is 12.5. The number of aliphatic carboxylic acids is 1. The molecule has 0 saturated heterocycles. The molecule has 0 aliphatic heterocycles. The van der Waals surface area contributed by atoms with Crippen molar-refractivity contribution < 1.29 is 19.4 Å². The number of benzene rings is 1. The van der Waals surface area contributed by atoms with Crippen molar-refractivity contribution in [1.29, 1.82) is 0 Å². The highest BCUT2D eigenvalue weighted by Crippen LogP contribution is 2.21. The third kappa shape index (κ3) is 1.96. The van der Waals surface area contributed by atoms with Gasteiger partial charge in [0.15, 0.2) is 11.6 Å². The van der Waals surface area contributed by atoms with Crippen LogP contribution < -0.4 is 0 Å². The molecule has 0 aliphatic carbocycles. The molecule has 0 aromatic heterocycles. The highest BCUT2D eigenvalue weighted by Gasteiger charge is 2.14. The van der Waals surface area contributed by atoms with Crippen molar-refractivity contribution >= 4 is 5.97 Å². The molecular weight excluding hydrogens is 175 g/mol. The summed E-state index contributed by atoms with van der Waals surface area (Å²) in [4.78, 5) is 10.5. The first kappa shape index (κ1) is 9.51. The van der Waals surface area contributed by atoms with Crippen LogP contribution in [0.2, 0.25) is 0 Å². The van der Waals surface area contributed by atoms with E-state index in [-0.39, 0.29) is 0 Å². The summed E-state index contributed by atoms with van der Waals surface area (Å²) in [5.41, 5.74) is 0.336. The fourth-order valence-corrected chi connectivity index (χ4v) is 0.935. The molecule has 70 valence electrons. The van der Waals surface area contributed by atoms with Crippen LogP contribution in [0.1, 0.15) is 18.4 Å². The number of phenolic OH excluding ortho intramolecular Hbond substituents is 1.